The van der Waals surface area contributed by atoms with E-state index in [1.54, 1.807) is 12.3 Å². The van der Waals surface area contributed by atoms with Crippen molar-refractivity contribution in [2.45, 2.75) is 5.88 Å². The standard InChI is InChI=1S/C5H6ClN3/c6-2-4-1-5(7)9-8-3-4/h1,3H,2H2,(H2,7,9). The van der Waals surface area contributed by atoms with Crippen molar-refractivity contribution in [3.8, 4) is 0 Å². The summed E-state index contributed by atoms with van der Waals surface area (Å²) in [5.74, 6) is 0.841. The molecule has 0 aliphatic rings. The van der Waals surface area contributed by atoms with Gasteiger partial charge in [-0.15, -0.1) is 16.7 Å². The van der Waals surface area contributed by atoms with Gasteiger partial charge in [0.1, 0.15) is 5.82 Å². The van der Waals surface area contributed by atoms with E-state index in [0.29, 0.717) is 11.7 Å². The third kappa shape index (κ3) is 1.54. The minimum Gasteiger partial charge on any atom is -0.382 e. The number of hydrogen-bond acceptors (Lipinski definition) is 3. The van der Waals surface area contributed by atoms with Gasteiger partial charge in [-0.3, -0.25) is 0 Å². The number of aromatic nitrogens is 2. The third-order valence-electron chi connectivity index (χ3n) is 0.884. The van der Waals surface area contributed by atoms with Crippen molar-refractivity contribution in [3.05, 3.63) is 17.8 Å². The Balaban J connectivity index is 2.94. The van der Waals surface area contributed by atoms with Crippen LogP contribution in [0.25, 0.3) is 0 Å². The molecule has 0 aliphatic carbocycles. The molecule has 0 saturated heterocycles. The fourth-order valence-electron chi connectivity index (χ4n) is 0.499. The molecule has 48 valence electrons. The van der Waals surface area contributed by atoms with E-state index in [1.165, 1.54) is 0 Å². The average molecular weight is 144 g/mol. The molecule has 0 aromatic carbocycles. The van der Waals surface area contributed by atoms with Gasteiger partial charge in [-0.1, -0.05) is 0 Å². The molecule has 0 spiro atoms. The summed E-state index contributed by atoms with van der Waals surface area (Å²) in [6, 6.07) is 1.69. The van der Waals surface area contributed by atoms with E-state index < -0.39 is 0 Å². The molecule has 1 heterocycles. The topological polar surface area (TPSA) is 51.8 Å². The molecule has 0 radical (unpaired) electrons. The first-order chi connectivity index (χ1) is 4.33. The van der Waals surface area contributed by atoms with Crippen LogP contribution in [0.15, 0.2) is 12.3 Å². The zero-order valence-electron chi connectivity index (χ0n) is 4.71. The number of nitrogens with zero attached hydrogens (tertiary/aromatic N) is 2. The third-order valence-corrected chi connectivity index (χ3v) is 1.19. The van der Waals surface area contributed by atoms with E-state index in [9.17, 15) is 0 Å². The summed E-state index contributed by atoms with van der Waals surface area (Å²) in [6.45, 7) is 0. The van der Waals surface area contributed by atoms with Crippen molar-refractivity contribution in [3.63, 3.8) is 0 Å². The first-order valence-corrected chi connectivity index (χ1v) is 2.99. The molecule has 1 aromatic heterocycles. The minimum absolute atomic E-state index is 0.410. The highest BCUT2D eigenvalue weighted by Crippen LogP contribution is 2.02. The van der Waals surface area contributed by atoms with Gasteiger partial charge in [0.2, 0.25) is 0 Å². The fraction of sp³-hybridized carbons (Fsp3) is 0.200. The first-order valence-electron chi connectivity index (χ1n) is 2.46. The lowest BCUT2D eigenvalue weighted by Gasteiger charge is -1.92. The van der Waals surface area contributed by atoms with Crippen molar-refractivity contribution in [2.75, 3.05) is 5.73 Å². The van der Waals surface area contributed by atoms with E-state index >= 15 is 0 Å². The summed E-state index contributed by atoms with van der Waals surface area (Å²) in [5, 5.41) is 7.15. The molecule has 0 fully saturated rings. The van der Waals surface area contributed by atoms with E-state index in [4.69, 9.17) is 17.3 Å². The SMILES string of the molecule is Nc1cc(CCl)cnn1. The quantitative estimate of drug-likeness (QED) is 0.592. The predicted molar refractivity (Wildman–Crippen MR) is 36.0 cm³/mol. The number of nitrogen functional groups attached to an aromatic ring is 1. The Morgan fingerprint density at radius 3 is 2.89 bits per heavy atom. The second-order valence-corrected chi connectivity index (χ2v) is 1.89. The molecule has 1 aromatic rings. The lowest BCUT2D eigenvalue weighted by Crippen LogP contribution is -1.93. The second-order valence-electron chi connectivity index (χ2n) is 1.62. The van der Waals surface area contributed by atoms with Crippen LogP contribution in [0.2, 0.25) is 0 Å². The van der Waals surface area contributed by atoms with E-state index in [-0.39, 0.29) is 0 Å². The molecule has 0 amide bonds. The smallest absolute Gasteiger partial charge is 0.146 e. The Kier molecular flexibility index (Phi) is 1.85. The lowest BCUT2D eigenvalue weighted by molar-refractivity contribution is 1.02. The van der Waals surface area contributed by atoms with Gasteiger partial charge in [0.25, 0.3) is 0 Å². The normalized spacial score (nSPS) is 9.44. The monoisotopic (exact) mass is 143 g/mol. The Morgan fingerprint density at radius 2 is 2.44 bits per heavy atom. The Morgan fingerprint density at radius 1 is 1.67 bits per heavy atom. The molecule has 0 aliphatic heterocycles. The number of alkyl halides is 1. The molecule has 3 nitrogen and oxygen atoms in total. The van der Waals surface area contributed by atoms with Gasteiger partial charge >= 0.3 is 0 Å². The Bertz CT molecular complexity index is 201. The van der Waals surface area contributed by atoms with Gasteiger partial charge in [0, 0.05) is 5.88 Å². The number of nitrogens with two attached hydrogens (primary N) is 1. The van der Waals surface area contributed by atoms with E-state index in [1.807, 2.05) is 0 Å². The zero-order chi connectivity index (χ0) is 6.69. The number of anilines is 1. The van der Waals surface area contributed by atoms with Crippen LogP contribution in [-0.4, -0.2) is 10.2 Å². The summed E-state index contributed by atoms with van der Waals surface area (Å²) in [4.78, 5) is 0. The molecule has 0 atom stereocenters. The molecule has 4 heteroatoms. The van der Waals surface area contributed by atoms with Crippen LogP contribution in [0, 0.1) is 0 Å². The van der Waals surface area contributed by atoms with Gasteiger partial charge in [-0.2, -0.15) is 5.10 Å². The largest absolute Gasteiger partial charge is 0.382 e. The van der Waals surface area contributed by atoms with Crippen molar-refractivity contribution in [1.29, 1.82) is 0 Å². The molecule has 0 unspecified atom stereocenters. The van der Waals surface area contributed by atoms with Crippen LogP contribution >= 0.6 is 11.6 Å². The fourth-order valence-corrected chi connectivity index (χ4v) is 0.645. The summed E-state index contributed by atoms with van der Waals surface area (Å²) < 4.78 is 0. The highest BCUT2D eigenvalue weighted by Gasteiger charge is 1.90. The van der Waals surface area contributed by atoms with Crippen LogP contribution < -0.4 is 5.73 Å². The van der Waals surface area contributed by atoms with Crippen LogP contribution in [-0.2, 0) is 5.88 Å². The molecular weight excluding hydrogens is 138 g/mol. The Hall–Kier alpha value is -0.830. The van der Waals surface area contributed by atoms with Gasteiger partial charge in [0.15, 0.2) is 0 Å². The lowest BCUT2D eigenvalue weighted by atomic mass is 10.3. The van der Waals surface area contributed by atoms with Crippen molar-refractivity contribution < 1.29 is 0 Å². The molecule has 9 heavy (non-hydrogen) atoms. The van der Waals surface area contributed by atoms with Crippen LogP contribution in [0.4, 0.5) is 5.82 Å². The molecule has 1 rings (SSSR count). The number of rotatable bonds is 1. The molecular formula is C5H6ClN3. The van der Waals surface area contributed by atoms with Gasteiger partial charge < -0.3 is 5.73 Å². The van der Waals surface area contributed by atoms with Crippen LogP contribution in [0.1, 0.15) is 5.56 Å². The van der Waals surface area contributed by atoms with Crippen molar-refractivity contribution in [2.24, 2.45) is 0 Å². The van der Waals surface area contributed by atoms with E-state index in [2.05, 4.69) is 10.2 Å². The summed E-state index contributed by atoms with van der Waals surface area (Å²) >= 11 is 5.48. The average Bonchev–Trinajstić information content (AvgIpc) is 1.88. The van der Waals surface area contributed by atoms with E-state index in [0.717, 1.165) is 5.56 Å². The van der Waals surface area contributed by atoms with Crippen molar-refractivity contribution >= 4 is 17.4 Å². The maximum atomic E-state index is 5.48. The maximum absolute atomic E-state index is 5.48. The summed E-state index contributed by atoms with van der Waals surface area (Å²) in [7, 11) is 0. The first kappa shape index (κ1) is 6.29. The van der Waals surface area contributed by atoms with Crippen LogP contribution in [0.3, 0.4) is 0 Å². The highest BCUT2D eigenvalue weighted by atomic mass is 35.5. The molecule has 2 N–H and O–H groups in total. The maximum Gasteiger partial charge on any atom is 0.146 e. The van der Waals surface area contributed by atoms with Crippen LogP contribution in [0.5, 0.6) is 0 Å². The minimum atomic E-state index is 0.410. The molecule has 0 bridgehead atoms. The summed E-state index contributed by atoms with van der Waals surface area (Å²) in [5.41, 5.74) is 6.19. The van der Waals surface area contributed by atoms with Gasteiger partial charge in [-0.25, -0.2) is 0 Å². The van der Waals surface area contributed by atoms with Gasteiger partial charge in [0.05, 0.1) is 6.20 Å². The molecule has 0 saturated carbocycles. The van der Waals surface area contributed by atoms with Crippen molar-refractivity contribution in [1.82, 2.24) is 10.2 Å². The number of hydrogen-bond donors (Lipinski definition) is 1. The second kappa shape index (κ2) is 2.64. The summed E-state index contributed by atoms with van der Waals surface area (Å²) in [6.07, 6.45) is 1.59. The zero-order valence-corrected chi connectivity index (χ0v) is 5.47. The Labute approximate surface area is 57.8 Å². The predicted octanol–water partition coefficient (Wildman–Crippen LogP) is 0.798. The van der Waals surface area contributed by atoms with Gasteiger partial charge in [-0.05, 0) is 11.6 Å². The number of halogens is 1. The highest BCUT2D eigenvalue weighted by molar-refractivity contribution is 6.17.